The fourth-order valence-electron chi connectivity index (χ4n) is 2.79. The molecule has 0 aromatic heterocycles. The van der Waals surface area contributed by atoms with E-state index in [1.165, 1.54) is 5.56 Å². The van der Waals surface area contributed by atoms with Gasteiger partial charge in [0.05, 0.1) is 0 Å². The van der Waals surface area contributed by atoms with Gasteiger partial charge in [-0.1, -0.05) is 19.9 Å². The number of halogens is 1. The third-order valence-corrected chi connectivity index (χ3v) is 3.87. The molecule has 0 radical (unpaired) electrons. The molecule has 2 heteroatoms. The van der Waals surface area contributed by atoms with E-state index < -0.39 is 0 Å². The van der Waals surface area contributed by atoms with Crippen LogP contribution in [0.5, 0.6) is 0 Å². The average molecular weight is 207 g/mol. The molecule has 1 fully saturated rings. The highest BCUT2D eigenvalue weighted by Gasteiger charge is 2.57. The van der Waals surface area contributed by atoms with Gasteiger partial charge in [-0.2, -0.15) is 0 Å². The second-order valence-corrected chi connectivity index (χ2v) is 5.14. The van der Waals surface area contributed by atoms with Crippen LogP contribution in [0.3, 0.4) is 0 Å². The first-order chi connectivity index (χ1) is 6.98. The van der Waals surface area contributed by atoms with E-state index in [0.29, 0.717) is 18.4 Å². The van der Waals surface area contributed by atoms with Crippen LogP contribution in [0.4, 0.5) is 4.39 Å². The maximum absolute atomic E-state index is 13.0. The second kappa shape index (κ2) is 3.31. The molecule has 0 unspecified atom stereocenters. The van der Waals surface area contributed by atoms with E-state index in [-0.39, 0.29) is 11.2 Å². The smallest absolute Gasteiger partial charge is 0.123 e. The molecule has 1 aromatic carbocycles. The quantitative estimate of drug-likeness (QED) is 0.793. The number of aryl methyl sites for hydroxylation is 1. The van der Waals surface area contributed by atoms with Gasteiger partial charge in [0, 0.05) is 0 Å². The van der Waals surface area contributed by atoms with E-state index in [0.717, 1.165) is 5.56 Å². The van der Waals surface area contributed by atoms with Gasteiger partial charge >= 0.3 is 0 Å². The molecular weight excluding hydrogens is 189 g/mol. The van der Waals surface area contributed by atoms with E-state index in [4.69, 9.17) is 5.73 Å². The van der Waals surface area contributed by atoms with E-state index in [1.807, 2.05) is 13.0 Å². The summed E-state index contributed by atoms with van der Waals surface area (Å²) in [7, 11) is 0. The Morgan fingerprint density at radius 2 is 2.07 bits per heavy atom. The Morgan fingerprint density at radius 3 is 2.53 bits per heavy atom. The van der Waals surface area contributed by atoms with Crippen molar-refractivity contribution in [2.45, 2.75) is 26.7 Å². The average Bonchev–Trinajstić information content (AvgIpc) is 2.68. The lowest BCUT2D eigenvalue weighted by Crippen LogP contribution is -2.05. The standard InChI is InChI=1S/C13H18FN/c1-8-6-9(14)4-5-10(8)12-11(7-15)13(12,2)3/h4-6,11-12H,7,15H2,1-3H3/t11-,12-/m1/s1. The van der Waals surface area contributed by atoms with Crippen molar-refractivity contribution in [2.24, 2.45) is 17.1 Å². The topological polar surface area (TPSA) is 26.0 Å². The van der Waals surface area contributed by atoms with Crippen LogP contribution in [0.25, 0.3) is 0 Å². The van der Waals surface area contributed by atoms with Crippen LogP contribution in [-0.4, -0.2) is 6.54 Å². The van der Waals surface area contributed by atoms with Crippen molar-refractivity contribution < 1.29 is 4.39 Å². The Kier molecular flexibility index (Phi) is 2.34. The van der Waals surface area contributed by atoms with Gasteiger partial charge in [0.2, 0.25) is 0 Å². The summed E-state index contributed by atoms with van der Waals surface area (Å²) < 4.78 is 13.0. The zero-order chi connectivity index (χ0) is 11.2. The summed E-state index contributed by atoms with van der Waals surface area (Å²) in [5.74, 6) is 0.892. The normalized spacial score (nSPS) is 27.8. The first-order valence-corrected chi connectivity index (χ1v) is 5.44. The molecule has 1 aliphatic carbocycles. The van der Waals surface area contributed by atoms with Gasteiger partial charge in [-0.3, -0.25) is 0 Å². The number of benzene rings is 1. The molecular formula is C13H18FN. The molecule has 2 N–H and O–H groups in total. The zero-order valence-electron chi connectivity index (χ0n) is 9.55. The highest BCUT2D eigenvalue weighted by atomic mass is 19.1. The highest BCUT2D eigenvalue weighted by molar-refractivity contribution is 5.38. The molecule has 2 atom stereocenters. The fourth-order valence-corrected chi connectivity index (χ4v) is 2.79. The summed E-state index contributed by atoms with van der Waals surface area (Å²) in [6.45, 7) is 7.16. The number of hydrogen-bond acceptors (Lipinski definition) is 1. The molecule has 0 spiro atoms. The molecule has 82 valence electrons. The Balaban J connectivity index is 2.33. The van der Waals surface area contributed by atoms with Crippen LogP contribution in [0.15, 0.2) is 18.2 Å². The molecule has 1 aromatic rings. The summed E-state index contributed by atoms with van der Waals surface area (Å²) in [5, 5.41) is 0. The van der Waals surface area contributed by atoms with Crippen molar-refractivity contribution in [1.29, 1.82) is 0 Å². The Morgan fingerprint density at radius 1 is 1.40 bits per heavy atom. The molecule has 0 bridgehead atoms. The van der Waals surface area contributed by atoms with Crippen LogP contribution < -0.4 is 5.73 Å². The van der Waals surface area contributed by atoms with Crippen LogP contribution in [0, 0.1) is 24.1 Å². The number of nitrogens with two attached hydrogens (primary N) is 1. The largest absolute Gasteiger partial charge is 0.330 e. The minimum Gasteiger partial charge on any atom is -0.330 e. The molecule has 1 saturated carbocycles. The van der Waals surface area contributed by atoms with E-state index in [9.17, 15) is 4.39 Å². The molecule has 2 rings (SSSR count). The van der Waals surface area contributed by atoms with Gasteiger partial charge in [0.15, 0.2) is 0 Å². The number of rotatable bonds is 2. The minimum absolute atomic E-state index is 0.154. The van der Waals surface area contributed by atoms with E-state index in [2.05, 4.69) is 13.8 Å². The van der Waals surface area contributed by atoms with Crippen molar-refractivity contribution in [2.75, 3.05) is 6.54 Å². The lowest BCUT2D eigenvalue weighted by atomic mass is 9.99. The third-order valence-electron chi connectivity index (χ3n) is 3.87. The molecule has 1 nitrogen and oxygen atoms in total. The summed E-state index contributed by atoms with van der Waals surface area (Å²) in [6, 6.07) is 5.06. The lowest BCUT2D eigenvalue weighted by molar-refractivity contribution is 0.558. The van der Waals surface area contributed by atoms with Crippen molar-refractivity contribution in [3.63, 3.8) is 0 Å². The van der Waals surface area contributed by atoms with Crippen molar-refractivity contribution in [1.82, 2.24) is 0 Å². The summed E-state index contributed by atoms with van der Waals surface area (Å²) in [4.78, 5) is 0. The van der Waals surface area contributed by atoms with Gasteiger partial charge in [0.25, 0.3) is 0 Å². The minimum atomic E-state index is -0.154. The fraction of sp³-hybridized carbons (Fsp3) is 0.538. The Hall–Kier alpha value is -0.890. The van der Waals surface area contributed by atoms with Crippen LogP contribution >= 0.6 is 0 Å². The molecule has 1 aliphatic rings. The third kappa shape index (κ3) is 1.57. The van der Waals surface area contributed by atoms with Crippen LogP contribution in [0.1, 0.15) is 30.9 Å². The lowest BCUT2D eigenvalue weighted by Gasteiger charge is -2.07. The van der Waals surface area contributed by atoms with E-state index in [1.54, 1.807) is 12.1 Å². The Bertz CT molecular complexity index is 384. The molecule has 0 heterocycles. The van der Waals surface area contributed by atoms with Gasteiger partial charge < -0.3 is 5.73 Å². The predicted octanol–water partition coefficient (Wildman–Crippen LogP) is 2.83. The summed E-state index contributed by atoms with van der Waals surface area (Å²) >= 11 is 0. The maximum Gasteiger partial charge on any atom is 0.123 e. The van der Waals surface area contributed by atoms with Crippen LogP contribution in [0.2, 0.25) is 0 Å². The van der Waals surface area contributed by atoms with Gasteiger partial charge in [-0.05, 0) is 54.0 Å². The molecule has 0 saturated heterocycles. The Labute approximate surface area is 90.5 Å². The number of hydrogen-bond donors (Lipinski definition) is 1. The second-order valence-electron chi connectivity index (χ2n) is 5.14. The van der Waals surface area contributed by atoms with Crippen molar-refractivity contribution in [3.05, 3.63) is 35.1 Å². The molecule has 0 aliphatic heterocycles. The van der Waals surface area contributed by atoms with Crippen molar-refractivity contribution in [3.8, 4) is 0 Å². The van der Waals surface area contributed by atoms with Gasteiger partial charge in [-0.15, -0.1) is 0 Å². The van der Waals surface area contributed by atoms with Crippen molar-refractivity contribution >= 4 is 0 Å². The summed E-state index contributed by atoms with van der Waals surface area (Å²) in [5.41, 5.74) is 8.32. The van der Waals surface area contributed by atoms with E-state index >= 15 is 0 Å². The molecule has 15 heavy (non-hydrogen) atoms. The SMILES string of the molecule is Cc1cc(F)ccc1[C@@H]1[C@@H](CN)C1(C)C. The maximum atomic E-state index is 13.0. The monoisotopic (exact) mass is 207 g/mol. The summed E-state index contributed by atoms with van der Waals surface area (Å²) in [6.07, 6.45) is 0. The first kappa shape index (κ1) is 10.6. The zero-order valence-corrected chi connectivity index (χ0v) is 9.55. The highest BCUT2D eigenvalue weighted by Crippen LogP contribution is 2.64. The van der Waals surface area contributed by atoms with Crippen LogP contribution in [-0.2, 0) is 0 Å². The van der Waals surface area contributed by atoms with Gasteiger partial charge in [0.1, 0.15) is 5.82 Å². The first-order valence-electron chi connectivity index (χ1n) is 5.44. The molecule has 0 amide bonds. The van der Waals surface area contributed by atoms with Gasteiger partial charge in [-0.25, -0.2) is 4.39 Å². The predicted molar refractivity (Wildman–Crippen MR) is 60.2 cm³/mol.